The van der Waals surface area contributed by atoms with E-state index in [0.29, 0.717) is 6.61 Å². The Bertz CT molecular complexity index is 334. The highest BCUT2D eigenvalue weighted by Gasteiger charge is 2.06. The second kappa shape index (κ2) is 5.87. The molecule has 0 saturated carbocycles. The average Bonchev–Trinajstić information content (AvgIpc) is 2.26. The van der Waals surface area contributed by atoms with E-state index in [2.05, 4.69) is 0 Å². The van der Waals surface area contributed by atoms with Gasteiger partial charge in [0, 0.05) is 7.11 Å². The Balaban J connectivity index is 2.68. The molecule has 1 aromatic rings. The minimum absolute atomic E-state index is 0.0795. The van der Waals surface area contributed by atoms with Gasteiger partial charge in [-0.2, -0.15) is 0 Å². The molecule has 0 aromatic heterocycles. The third-order valence-corrected chi connectivity index (χ3v) is 2.56. The van der Waals surface area contributed by atoms with Crippen molar-refractivity contribution in [3.8, 4) is 5.75 Å². The molecule has 16 heavy (non-hydrogen) atoms. The maximum Gasteiger partial charge on any atom is 0.122 e. The summed E-state index contributed by atoms with van der Waals surface area (Å²) in [6.07, 6.45) is -0.360. The summed E-state index contributed by atoms with van der Waals surface area (Å²) < 4.78 is 10.7. The van der Waals surface area contributed by atoms with Crippen molar-refractivity contribution in [2.45, 2.75) is 33.0 Å². The summed E-state index contributed by atoms with van der Waals surface area (Å²) in [4.78, 5) is 0. The number of hydrogen-bond donors (Lipinski definition) is 1. The quantitative estimate of drug-likeness (QED) is 0.835. The van der Waals surface area contributed by atoms with Gasteiger partial charge in [-0.3, -0.25) is 0 Å². The molecule has 2 atom stereocenters. The predicted octanol–water partition coefficient (Wildman–Crippen LogP) is 2.46. The molecule has 3 heteroatoms. The number of benzene rings is 1. The highest BCUT2D eigenvalue weighted by atomic mass is 16.5. The van der Waals surface area contributed by atoms with E-state index in [0.717, 1.165) is 16.9 Å². The summed E-state index contributed by atoms with van der Waals surface area (Å²) in [5.74, 6) is 0.841. The van der Waals surface area contributed by atoms with Gasteiger partial charge in [-0.1, -0.05) is 6.07 Å². The van der Waals surface area contributed by atoms with E-state index in [9.17, 15) is 5.11 Å². The SMILES string of the molecule is COC(C)COc1ccc(C(C)O)cc1C. The molecule has 1 rings (SSSR count). The van der Waals surface area contributed by atoms with Crippen LogP contribution in [-0.4, -0.2) is 24.9 Å². The van der Waals surface area contributed by atoms with E-state index in [1.54, 1.807) is 14.0 Å². The van der Waals surface area contributed by atoms with Gasteiger partial charge in [0.25, 0.3) is 0 Å². The van der Waals surface area contributed by atoms with Gasteiger partial charge in [0.2, 0.25) is 0 Å². The normalized spacial score (nSPS) is 14.6. The van der Waals surface area contributed by atoms with Gasteiger partial charge in [-0.05, 0) is 44.0 Å². The molecule has 90 valence electrons. The van der Waals surface area contributed by atoms with Crippen LogP contribution in [0.25, 0.3) is 0 Å². The van der Waals surface area contributed by atoms with E-state index in [1.807, 2.05) is 32.0 Å². The Kier molecular flexibility index (Phi) is 4.77. The topological polar surface area (TPSA) is 38.7 Å². The molecule has 0 aliphatic carbocycles. The monoisotopic (exact) mass is 224 g/mol. The highest BCUT2D eigenvalue weighted by molar-refractivity contribution is 5.36. The van der Waals surface area contributed by atoms with Crippen molar-refractivity contribution in [3.63, 3.8) is 0 Å². The van der Waals surface area contributed by atoms with Crippen LogP contribution in [0.4, 0.5) is 0 Å². The predicted molar refractivity (Wildman–Crippen MR) is 63.8 cm³/mol. The average molecular weight is 224 g/mol. The molecule has 1 N–H and O–H groups in total. The van der Waals surface area contributed by atoms with Crippen LogP contribution < -0.4 is 4.74 Å². The number of methoxy groups -OCH3 is 1. The van der Waals surface area contributed by atoms with Crippen LogP contribution in [0, 0.1) is 6.92 Å². The van der Waals surface area contributed by atoms with Crippen molar-refractivity contribution in [3.05, 3.63) is 29.3 Å². The van der Waals surface area contributed by atoms with Crippen LogP contribution in [0.15, 0.2) is 18.2 Å². The standard InChI is InChI=1S/C13H20O3/c1-9-7-12(11(3)14)5-6-13(9)16-8-10(2)15-4/h5-7,10-11,14H,8H2,1-4H3. The van der Waals surface area contributed by atoms with Crippen molar-refractivity contribution in [2.75, 3.05) is 13.7 Å². The highest BCUT2D eigenvalue weighted by Crippen LogP contribution is 2.22. The molecular formula is C13H20O3. The fraction of sp³-hybridized carbons (Fsp3) is 0.538. The summed E-state index contributed by atoms with van der Waals surface area (Å²) in [5.41, 5.74) is 1.94. The molecule has 0 saturated heterocycles. The molecule has 0 bridgehead atoms. The summed E-state index contributed by atoms with van der Waals surface area (Å²) in [6, 6.07) is 5.71. The van der Waals surface area contributed by atoms with Crippen LogP contribution in [0.5, 0.6) is 5.75 Å². The van der Waals surface area contributed by atoms with Crippen molar-refractivity contribution in [2.24, 2.45) is 0 Å². The lowest BCUT2D eigenvalue weighted by atomic mass is 10.1. The number of hydrogen-bond acceptors (Lipinski definition) is 3. The number of aryl methyl sites for hydroxylation is 1. The molecule has 0 aliphatic heterocycles. The molecule has 0 amide bonds. The fourth-order valence-electron chi connectivity index (χ4n) is 1.37. The van der Waals surface area contributed by atoms with Gasteiger partial charge in [-0.25, -0.2) is 0 Å². The van der Waals surface area contributed by atoms with Crippen LogP contribution in [-0.2, 0) is 4.74 Å². The fourth-order valence-corrected chi connectivity index (χ4v) is 1.37. The van der Waals surface area contributed by atoms with Gasteiger partial charge < -0.3 is 14.6 Å². The Morgan fingerprint density at radius 2 is 2.00 bits per heavy atom. The van der Waals surface area contributed by atoms with Crippen molar-refractivity contribution in [1.82, 2.24) is 0 Å². The van der Waals surface area contributed by atoms with E-state index in [4.69, 9.17) is 9.47 Å². The minimum Gasteiger partial charge on any atom is -0.491 e. The van der Waals surface area contributed by atoms with E-state index >= 15 is 0 Å². The molecule has 0 aliphatic rings. The van der Waals surface area contributed by atoms with Crippen LogP contribution in [0.3, 0.4) is 0 Å². The third kappa shape index (κ3) is 3.51. The van der Waals surface area contributed by atoms with E-state index in [-0.39, 0.29) is 6.10 Å². The Morgan fingerprint density at radius 3 is 2.50 bits per heavy atom. The lowest BCUT2D eigenvalue weighted by molar-refractivity contribution is 0.0714. The summed E-state index contributed by atoms with van der Waals surface area (Å²) in [6.45, 7) is 6.21. The molecule has 0 spiro atoms. The minimum atomic E-state index is -0.439. The third-order valence-electron chi connectivity index (χ3n) is 2.56. The summed E-state index contributed by atoms with van der Waals surface area (Å²) in [7, 11) is 1.66. The molecule has 1 aromatic carbocycles. The Morgan fingerprint density at radius 1 is 1.31 bits per heavy atom. The first-order valence-electron chi connectivity index (χ1n) is 5.48. The zero-order chi connectivity index (χ0) is 12.1. The van der Waals surface area contributed by atoms with Crippen LogP contribution in [0.1, 0.15) is 31.1 Å². The first-order valence-corrected chi connectivity index (χ1v) is 5.48. The molecule has 0 radical (unpaired) electrons. The molecule has 2 unspecified atom stereocenters. The summed E-state index contributed by atoms with van der Waals surface area (Å²) >= 11 is 0. The van der Waals surface area contributed by atoms with Gasteiger partial charge in [0.1, 0.15) is 12.4 Å². The van der Waals surface area contributed by atoms with Crippen LogP contribution >= 0.6 is 0 Å². The lowest BCUT2D eigenvalue weighted by Gasteiger charge is -2.14. The number of ether oxygens (including phenoxy) is 2. The first-order chi connectivity index (χ1) is 7.54. The number of aliphatic hydroxyl groups excluding tert-OH is 1. The maximum atomic E-state index is 9.43. The Hall–Kier alpha value is -1.06. The summed E-state index contributed by atoms with van der Waals surface area (Å²) in [5, 5.41) is 9.43. The zero-order valence-electron chi connectivity index (χ0n) is 10.4. The lowest BCUT2D eigenvalue weighted by Crippen LogP contribution is -2.16. The maximum absolute atomic E-state index is 9.43. The van der Waals surface area contributed by atoms with E-state index < -0.39 is 6.10 Å². The largest absolute Gasteiger partial charge is 0.491 e. The van der Waals surface area contributed by atoms with Crippen molar-refractivity contribution in [1.29, 1.82) is 0 Å². The van der Waals surface area contributed by atoms with Gasteiger partial charge in [0.05, 0.1) is 12.2 Å². The van der Waals surface area contributed by atoms with Crippen molar-refractivity contribution < 1.29 is 14.6 Å². The molecule has 0 fully saturated rings. The van der Waals surface area contributed by atoms with Gasteiger partial charge in [-0.15, -0.1) is 0 Å². The smallest absolute Gasteiger partial charge is 0.122 e. The van der Waals surface area contributed by atoms with Gasteiger partial charge >= 0.3 is 0 Å². The zero-order valence-corrected chi connectivity index (χ0v) is 10.4. The number of aliphatic hydroxyl groups is 1. The Labute approximate surface area is 97.0 Å². The first kappa shape index (κ1) is 13.0. The number of rotatable bonds is 5. The van der Waals surface area contributed by atoms with Gasteiger partial charge in [0.15, 0.2) is 0 Å². The van der Waals surface area contributed by atoms with E-state index in [1.165, 1.54) is 0 Å². The van der Waals surface area contributed by atoms with Crippen molar-refractivity contribution >= 4 is 0 Å². The molecular weight excluding hydrogens is 204 g/mol. The van der Waals surface area contributed by atoms with Crippen LogP contribution in [0.2, 0.25) is 0 Å². The second-order valence-electron chi connectivity index (χ2n) is 4.06. The second-order valence-corrected chi connectivity index (χ2v) is 4.06. The molecule has 0 heterocycles. The molecule has 3 nitrogen and oxygen atoms in total.